The summed E-state index contributed by atoms with van der Waals surface area (Å²) in [5.74, 6) is 0.249. The van der Waals surface area contributed by atoms with E-state index in [1.165, 1.54) is 0 Å². The van der Waals surface area contributed by atoms with Crippen LogP contribution >= 0.6 is 0 Å². The van der Waals surface area contributed by atoms with Gasteiger partial charge in [0.1, 0.15) is 11.4 Å². The highest BCUT2D eigenvalue weighted by molar-refractivity contribution is 5.62. The van der Waals surface area contributed by atoms with Crippen molar-refractivity contribution in [1.82, 2.24) is 20.3 Å². The van der Waals surface area contributed by atoms with Gasteiger partial charge in [0, 0.05) is 18.0 Å². The van der Waals surface area contributed by atoms with Crippen LogP contribution in [0.4, 0.5) is 5.95 Å². The van der Waals surface area contributed by atoms with E-state index in [4.69, 9.17) is 15.9 Å². The predicted molar refractivity (Wildman–Crippen MR) is 68.3 cm³/mol. The van der Waals surface area contributed by atoms with Crippen LogP contribution in [-0.4, -0.2) is 56.1 Å². The van der Waals surface area contributed by atoms with Gasteiger partial charge in [0.2, 0.25) is 0 Å². The van der Waals surface area contributed by atoms with Crippen LogP contribution in [0.2, 0.25) is 0 Å². The first kappa shape index (κ1) is 13.7. The van der Waals surface area contributed by atoms with Crippen molar-refractivity contribution in [3.05, 3.63) is 18.0 Å². The molecule has 0 fully saturated rings. The molecule has 0 radical (unpaired) electrons. The van der Waals surface area contributed by atoms with E-state index in [-0.39, 0.29) is 25.8 Å². The lowest BCUT2D eigenvalue weighted by Crippen LogP contribution is -2.39. The van der Waals surface area contributed by atoms with Crippen molar-refractivity contribution in [3.8, 4) is 11.4 Å². The number of aromatic nitrogens is 3. The van der Waals surface area contributed by atoms with E-state index in [9.17, 15) is 5.11 Å². The second-order valence-corrected chi connectivity index (χ2v) is 4.20. The number of aromatic amines is 1. The normalized spacial score (nSPS) is 13.3. The van der Waals surface area contributed by atoms with Crippen molar-refractivity contribution < 1.29 is 15.3 Å². The molecule has 0 spiro atoms. The van der Waals surface area contributed by atoms with Gasteiger partial charge in [-0.1, -0.05) is 0 Å². The zero-order valence-corrected chi connectivity index (χ0v) is 10.2. The van der Waals surface area contributed by atoms with Crippen molar-refractivity contribution in [1.29, 1.82) is 0 Å². The first-order valence-corrected chi connectivity index (χ1v) is 5.87. The lowest BCUT2D eigenvalue weighted by Gasteiger charge is -2.21. The van der Waals surface area contributed by atoms with Gasteiger partial charge < -0.3 is 31.4 Å². The first-order valence-electron chi connectivity index (χ1n) is 5.87. The number of nitrogens with two attached hydrogens (primary N) is 1. The molecule has 0 aromatic rings. The fraction of sp³-hybridized carbons (Fsp3) is 0.455. The lowest BCUT2D eigenvalue weighted by atomic mass is 10.1. The van der Waals surface area contributed by atoms with Gasteiger partial charge in [0.05, 0.1) is 31.9 Å². The Bertz CT molecular complexity index is 499. The number of aliphatic hydroxyl groups excluding tert-OH is 3. The fourth-order valence-corrected chi connectivity index (χ4v) is 1.88. The molecule has 19 heavy (non-hydrogen) atoms. The summed E-state index contributed by atoms with van der Waals surface area (Å²) < 4.78 is 0. The summed E-state index contributed by atoms with van der Waals surface area (Å²) in [7, 11) is 0. The molecule has 0 amide bonds. The van der Waals surface area contributed by atoms with Crippen LogP contribution in [0.25, 0.3) is 11.4 Å². The third-order valence-electron chi connectivity index (χ3n) is 2.88. The minimum absolute atomic E-state index is 0.211. The Morgan fingerprint density at radius 3 is 2.63 bits per heavy atom. The molecule has 0 bridgehead atoms. The largest absolute Gasteiger partial charge is 0.395 e. The zero-order valence-electron chi connectivity index (χ0n) is 10.2. The van der Waals surface area contributed by atoms with Crippen molar-refractivity contribution in [2.24, 2.45) is 0 Å². The maximum absolute atomic E-state index is 9.45. The van der Waals surface area contributed by atoms with Crippen molar-refractivity contribution in [3.63, 3.8) is 0 Å². The Kier molecular flexibility index (Phi) is 4.27. The van der Waals surface area contributed by atoms with E-state index in [0.29, 0.717) is 17.0 Å². The van der Waals surface area contributed by atoms with E-state index in [2.05, 4.69) is 20.3 Å². The molecule has 104 valence electrons. The van der Waals surface area contributed by atoms with Crippen molar-refractivity contribution in [2.75, 3.05) is 25.6 Å². The Labute approximate surface area is 109 Å². The second kappa shape index (κ2) is 5.93. The number of rotatable bonds is 6. The average molecular weight is 267 g/mol. The summed E-state index contributed by atoms with van der Waals surface area (Å²) in [6.07, 6.45) is 3.22. The third kappa shape index (κ3) is 2.82. The molecular weight excluding hydrogens is 250 g/mol. The van der Waals surface area contributed by atoms with Gasteiger partial charge in [0.25, 0.3) is 0 Å². The summed E-state index contributed by atoms with van der Waals surface area (Å²) >= 11 is 0. The van der Waals surface area contributed by atoms with Crippen molar-refractivity contribution >= 4 is 5.95 Å². The maximum Gasteiger partial charge on any atom is 0.198 e. The van der Waals surface area contributed by atoms with Crippen LogP contribution in [0.15, 0.2) is 12.4 Å². The van der Waals surface area contributed by atoms with Crippen LogP contribution in [0.5, 0.6) is 0 Å². The fourth-order valence-electron chi connectivity index (χ4n) is 1.88. The van der Waals surface area contributed by atoms with Crippen LogP contribution in [0.1, 0.15) is 11.6 Å². The molecule has 1 unspecified atom stereocenters. The number of hydrogen-bond acceptors (Lipinski definition) is 7. The van der Waals surface area contributed by atoms with Gasteiger partial charge in [-0.3, -0.25) is 4.98 Å². The second-order valence-electron chi connectivity index (χ2n) is 4.20. The molecule has 0 aliphatic carbocycles. The smallest absolute Gasteiger partial charge is 0.198 e. The minimum Gasteiger partial charge on any atom is -0.395 e. The quantitative estimate of drug-likeness (QED) is 0.373. The molecule has 2 aliphatic rings. The summed E-state index contributed by atoms with van der Waals surface area (Å²) in [5, 5.41) is 30.5. The van der Waals surface area contributed by atoms with Gasteiger partial charge >= 0.3 is 0 Å². The van der Waals surface area contributed by atoms with Gasteiger partial charge in [-0.25, -0.2) is 4.98 Å². The summed E-state index contributed by atoms with van der Waals surface area (Å²) in [6.45, 7) is -0.678. The summed E-state index contributed by atoms with van der Waals surface area (Å²) in [5.41, 5.74) is 7.48. The topological polar surface area (TPSA) is 140 Å². The molecule has 2 rings (SSSR count). The Hall–Kier alpha value is -1.74. The summed E-state index contributed by atoms with van der Waals surface area (Å²) in [4.78, 5) is 11.1. The zero-order chi connectivity index (χ0) is 13.8. The highest BCUT2D eigenvalue weighted by atomic mass is 16.3. The first-order chi connectivity index (χ1) is 9.19. The van der Waals surface area contributed by atoms with Gasteiger partial charge in [-0.2, -0.15) is 0 Å². The molecule has 2 aliphatic heterocycles. The van der Waals surface area contributed by atoms with E-state index in [1.54, 1.807) is 12.4 Å². The molecule has 8 nitrogen and oxygen atoms in total. The SMILES string of the molecule is Nc1nc2c(C(CO)NC(CO)CO)cnc-2c[nH]1. The van der Waals surface area contributed by atoms with Gasteiger partial charge in [0.15, 0.2) is 5.95 Å². The maximum atomic E-state index is 9.45. The average Bonchev–Trinajstić information content (AvgIpc) is 2.83. The van der Waals surface area contributed by atoms with E-state index in [0.717, 1.165) is 0 Å². The Balaban J connectivity index is 2.28. The number of nitrogens with zero attached hydrogens (tertiary/aromatic N) is 2. The molecule has 0 aromatic carbocycles. The predicted octanol–water partition coefficient (Wildman–Crippen LogP) is -1.53. The van der Waals surface area contributed by atoms with Crippen LogP contribution in [0.3, 0.4) is 0 Å². The number of nitrogens with one attached hydrogen (secondary N) is 2. The molecule has 7 N–H and O–H groups in total. The lowest BCUT2D eigenvalue weighted by molar-refractivity contribution is 0.145. The van der Waals surface area contributed by atoms with E-state index in [1.807, 2.05) is 0 Å². The molecule has 0 aromatic heterocycles. The standard InChI is InChI=1S/C11H17N5O3/c12-11-14-2-8-10(16-11)7(1-13-8)9(5-19)15-6(3-17)4-18/h1-2,6,9,15,17-19H,3-5H2,(H3,12,14,16). The number of hydrogen-bond donors (Lipinski definition) is 6. The van der Waals surface area contributed by atoms with E-state index < -0.39 is 12.1 Å². The van der Waals surface area contributed by atoms with Gasteiger partial charge in [-0.15, -0.1) is 0 Å². The van der Waals surface area contributed by atoms with Crippen LogP contribution in [-0.2, 0) is 0 Å². The number of fused-ring (bicyclic) bond motifs is 1. The van der Waals surface area contributed by atoms with Crippen LogP contribution in [0, 0.1) is 0 Å². The molecule has 1 atom stereocenters. The third-order valence-corrected chi connectivity index (χ3v) is 2.88. The highest BCUT2D eigenvalue weighted by Crippen LogP contribution is 2.27. The number of anilines is 1. The Morgan fingerprint density at radius 2 is 2.00 bits per heavy atom. The van der Waals surface area contributed by atoms with E-state index >= 15 is 0 Å². The Morgan fingerprint density at radius 1 is 1.26 bits per heavy atom. The highest BCUT2D eigenvalue weighted by Gasteiger charge is 2.23. The minimum atomic E-state index is -0.519. The van der Waals surface area contributed by atoms with Gasteiger partial charge in [-0.05, 0) is 0 Å². The monoisotopic (exact) mass is 267 g/mol. The number of nitrogen functional groups attached to an aromatic ring is 1. The number of H-pyrrole nitrogens is 1. The molecule has 2 heterocycles. The summed E-state index contributed by atoms with van der Waals surface area (Å²) in [6, 6.07) is -1.00. The molecule has 0 saturated heterocycles. The molecular formula is C11H17N5O3. The van der Waals surface area contributed by atoms with Crippen molar-refractivity contribution in [2.45, 2.75) is 12.1 Å². The van der Waals surface area contributed by atoms with Crippen LogP contribution < -0.4 is 11.1 Å². The number of aliphatic hydroxyl groups is 3. The molecule has 8 heteroatoms. The molecule has 0 saturated carbocycles.